The standard InChI is InChI=1S/C24H38O2/c1-22(25)8-6-16-14(12-22)4-5-18-17(16)7-9-23(2)20(18)11-15-10-19(15)21(23)24(3)13-26-24/h14-21,25H,4-13H2,1-3H3/t14-,15-,16+,17-,18-,19-,20+,21+,22-,23+,24?/m1/s1. The van der Waals surface area contributed by atoms with E-state index in [1.165, 1.54) is 44.9 Å². The molecule has 26 heavy (non-hydrogen) atoms. The third-order valence-corrected chi connectivity index (χ3v) is 10.6. The van der Waals surface area contributed by atoms with Gasteiger partial charge in [0.1, 0.15) is 0 Å². The minimum absolute atomic E-state index is 0.223. The summed E-state index contributed by atoms with van der Waals surface area (Å²) in [6.45, 7) is 8.21. The number of hydrogen-bond acceptors (Lipinski definition) is 2. The van der Waals surface area contributed by atoms with E-state index >= 15 is 0 Å². The second kappa shape index (κ2) is 5.09. The lowest BCUT2D eigenvalue weighted by Crippen LogP contribution is -2.56. The van der Waals surface area contributed by atoms with Crippen LogP contribution in [0.15, 0.2) is 0 Å². The molecule has 5 aliphatic carbocycles. The number of rotatable bonds is 1. The third kappa shape index (κ3) is 2.24. The average molecular weight is 359 g/mol. The zero-order valence-corrected chi connectivity index (χ0v) is 17.0. The topological polar surface area (TPSA) is 32.8 Å². The monoisotopic (exact) mass is 358 g/mol. The molecule has 0 aromatic carbocycles. The van der Waals surface area contributed by atoms with E-state index in [4.69, 9.17) is 4.74 Å². The van der Waals surface area contributed by atoms with Gasteiger partial charge >= 0.3 is 0 Å². The lowest BCUT2D eigenvalue weighted by Gasteiger charge is -2.61. The van der Waals surface area contributed by atoms with Gasteiger partial charge < -0.3 is 9.84 Å². The molecule has 0 aromatic rings. The summed E-state index contributed by atoms with van der Waals surface area (Å²) in [6, 6.07) is 0. The predicted molar refractivity (Wildman–Crippen MR) is 103 cm³/mol. The second-order valence-electron chi connectivity index (χ2n) is 12.2. The summed E-state index contributed by atoms with van der Waals surface area (Å²) in [5.74, 6) is 7.48. The molecule has 1 N–H and O–H groups in total. The van der Waals surface area contributed by atoms with Crippen LogP contribution in [-0.4, -0.2) is 22.9 Å². The van der Waals surface area contributed by atoms with Gasteiger partial charge in [0.25, 0.3) is 0 Å². The molecule has 146 valence electrons. The van der Waals surface area contributed by atoms with E-state index in [2.05, 4.69) is 20.8 Å². The molecule has 0 radical (unpaired) electrons. The Labute approximate surface area is 159 Å². The number of ether oxygens (including phenoxy) is 1. The van der Waals surface area contributed by atoms with Crippen LogP contribution in [0, 0.1) is 52.8 Å². The summed E-state index contributed by atoms with van der Waals surface area (Å²) < 4.78 is 6.06. The molecule has 0 spiro atoms. The Balaban J connectivity index is 1.29. The van der Waals surface area contributed by atoms with Crippen molar-refractivity contribution in [3.8, 4) is 0 Å². The van der Waals surface area contributed by atoms with Gasteiger partial charge in [-0.25, -0.2) is 0 Å². The Morgan fingerprint density at radius 1 is 0.808 bits per heavy atom. The van der Waals surface area contributed by atoms with Crippen LogP contribution in [0.3, 0.4) is 0 Å². The molecule has 6 aliphatic rings. The van der Waals surface area contributed by atoms with E-state index in [1.807, 2.05) is 0 Å². The first kappa shape index (κ1) is 16.8. The maximum absolute atomic E-state index is 10.6. The van der Waals surface area contributed by atoms with E-state index < -0.39 is 0 Å². The van der Waals surface area contributed by atoms with Crippen molar-refractivity contribution in [2.24, 2.45) is 52.8 Å². The first-order valence-corrected chi connectivity index (χ1v) is 11.7. The highest BCUT2D eigenvalue weighted by Crippen LogP contribution is 2.73. The van der Waals surface area contributed by atoms with Gasteiger partial charge in [0.2, 0.25) is 0 Å². The zero-order chi connectivity index (χ0) is 17.9. The SMILES string of the molecule is CC1([C@H]2[C@@H]3C[C@@H]3C[C@H]3[C@@H]4CC[C@@H]5C[C@](C)(O)CC[C@@H]5[C@H]4CC[C@]23C)CO1. The van der Waals surface area contributed by atoms with Crippen molar-refractivity contribution >= 4 is 0 Å². The maximum atomic E-state index is 10.6. The first-order chi connectivity index (χ1) is 12.3. The van der Waals surface area contributed by atoms with Gasteiger partial charge in [-0.3, -0.25) is 0 Å². The van der Waals surface area contributed by atoms with Gasteiger partial charge in [-0.05, 0) is 124 Å². The highest BCUT2D eigenvalue weighted by Gasteiger charge is 2.69. The van der Waals surface area contributed by atoms with Gasteiger partial charge in [-0.1, -0.05) is 6.92 Å². The zero-order valence-electron chi connectivity index (χ0n) is 17.0. The van der Waals surface area contributed by atoms with Crippen molar-refractivity contribution in [2.45, 2.75) is 89.8 Å². The fraction of sp³-hybridized carbons (Fsp3) is 1.00. The molecule has 6 rings (SSSR count). The maximum Gasteiger partial charge on any atom is 0.0924 e. The van der Waals surface area contributed by atoms with E-state index in [9.17, 15) is 5.11 Å². The summed E-state index contributed by atoms with van der Waals surface area (Å²) in [5, 5.41) is 10.6. The van der Waals surface area contributed by atoms with Gasteiger partial charge in [-0.2, -0.15) is 0 Å². The Kier molecular flexibility index (Phi) is 3.30. The highest BCUT2D eigenvalue weighted by molar-refractivity contribution is 5.18. The molecule has 5 saturated carbocycles. The number of epoxide rings is 1. The minimum atomic E-state index is -0.383. The normalized spacial score (nSPS) is 66.0. The lowest BCUT2D eigenvalue weighted by molar-refractivity contribution is -0.138. The Hall–Kier alpha value is -0.0800. The van der Waals surface area contributed by atoms with Crippen LogP contribution in [0.25, 0.3) is 0 Å². The molecular weight excluding hydrogens is 320 g/mol. The van der Waals surface area contributed by atoms with Crippen molar-refractivity contribution in [2.75, 3.05) is 6.61 Å². The Morgan fingerprint density at radius 2 is 1.58 bits per heavy atom. The predicted octanol–water partition coefficient (Wildman–Crippen LogP) is 5.04. The van der Waals surface area contributed by atoms with Crippen molar-refractivity contribution in [1.82, 2.24) is 0 Å². The molecule has 0 bridgehead atoms. The van der Waals surface area contributed by atoms with Crippen LogP contribution >= 0.6 is 0 Å². The number of fused-ring (bicyclic) bond motifs is 6. The molecule has 2 heteroatoms. The summed E-state index contributed by atoms with van der Waals surface area (Å²) in [4.78, 5) is 0. The van der Waals surface area contributed by atoms with Gasteiger partial charge in [0.15, 0.2) is 0 Å². The molecule has 0 amide bonds. The number of aliphatic hydroxyl groups is 1. The van der Waals surface area contributed by atoms with Crippen LogP contribution in [0.1, 0.15) is 78.6 Å². The van der Waals surface area contributed by atoms with Crippen LogP contribution in [0.5, 0.6) is 0 Å². The average Bonchev–Trinajstić information content (AvgIpc) is 3.48. The number of hydrogen-bond donors (Lipinski definition) is 1. The van der Waals surface area contributed by atoms with E-state index in [0.29, 0.717) is 5.41 Å². The molecule has 1 heterocycles. The molecular formula is C24H38O2. The molecule has 11 atom stereocenters. The van der Waals surface area contributed by atoms with Gasteiger partial charge in [0, 0.05) is 0 Å². The molecule has 6 fully saturated rings. The molecule has 1 saturated heterocycles. The molecule has 0 aromatic heterocycles. The van der Waals surface area contributed by atoms with Crippen LogP contribution in [0.2, 0.25) is 0 Å². The van der Waals surface area contributed by atoms with E-state index in [0.717, 1.165) is 66.8 Å². The van der Waals surface area contributed by atoms with Crippen molar-refractivity contribution in [3.63, 3.8) is 0 Å². The molecule has 1 unspecified atom stereocenters. The summed E-state index contributed by atoms with van der Waals surface area (Å²) in [5.41, 5.74) is 0.379. The molecule has 2 nitrogen and oxygen atoms in total. The van der Waals surface area contributed by atoms with Crippen molar-refractivity contribution in [1.29, 1.82) is 0 Å². The quantitative estimate of drug-likeness (QED) is 0.666. The molecule has 1 aliphatic heterocycles. The van der Waals surface area contributed by atoms with Crippen LogP contribution in [0.4, 0.5) is 0 Å². The van der Waals surface area contributed by atoms with Crippen molar-refractivity contribution < 1.29 is 9.84 Å². The first-order valence-electron chi connectivity index (χ1n) is 11.7. The van der Waals surface area contributed by atoms with E-state index in [-0.39, 0.29) is 11.2 Å². The third-order valence-electron chi connectivity index (χ3n) is 10.6. The van der Waals surface area contributed by atoms with Crippen molar-refractivity contribution in [3.05, 3.63) is 0 Å². The fourth-order valence-electron chi connectivity index (χ4n) is 9.47. The van der Waals surface area contributed by atoms with Gasteiger partial charge in [-0.15, -0.1) is 0 Å². The largest absolute Gasteiger partial charge is 0.390 e. The van der Waals surface area contributed by atoms with E-state index in [1.54, 1.807) is 0 Å². The summed E-state index contributed by atoms with van der Waals surface area (Å²) in [7, 11) is 0. The minimum Gasteiger partial charge on any atom is -0.390 e. The Bertz CT molecular complexity index is 607. The summed E-state index contributed by atoms with van der Waals surface area (Å²) >= 11 is 0. The van der Waals surface area contributed by atoms with Crippen LogP contribution in [-0.2, 0) is 4.74 Å². The van der Waals surface area contributed by atoms with Gasteiger partial charge in [0.05, 0.1) is 17.8 Å². The smallest absolute Gasteiger partial charge is 0.0924 e. The fourth-order valence-corrected chi connectivity index (χ4v) is 9.47. The second-order valence-corrected chi connectivity index (χ2v) is 12.2. The highest BCUT2D eigenvalue weighted by atomic mass is 16.6. The lowest BCUT2D eigenvalue weighted by atomic mass is 9.44. The Morgan fingerprint density at radius 3 is 2.35 bits per heavy atom. The van der Waals surface area contributed by atoms with Crippen LogP contribution < -0.4 is 0 Å². The summed E-state index contributed by atoms with van der Waals surface area (Å²) in [6.07, 6.45) is 12.2.